The van der Waals surface area contributed by atoms with Gasteiger partial charge in [-0.25, -0.2) is 0 Å². The summed E-state index contributed by atoms with van der Waals surface area (Å²) in [5.41, 5.74) is 1.56. The summed E-state index contributed by atoms with van der Waals surface area (Å²) in [6.45, 7) is 9.83. The second-order valence-electron chi connectivity index (χ2n) is 8.34. The second kappa shape index (κ2) is 9.69. The van der Waals surface area contributed by atoms with Crippen molar-refractivity contribution < 1.29 is 4.79 Å². The van der Waals surface area contributed by atoms with Gasteiger partial charge < -0.3 is 15.1 Å². The first-order valence-corrected chi connectivity index (χ1v) is 11.5. The summed E-state index contributed by atoms with van der Waals surface area (Å²) in [5.74, 6) is 1.01. The van der Waals surface area contributed by atoms with Crippen LogP contribution in [0.2, 0.25) is 10.0 Å². The van der Waals surface area contributed by atoms with Crippen molar-refractivity contribution in [2.45, 2.75) is 25.9 Å². The largest absolute Gasteiger partial charge is 0.352 e. The van der Waals surface area contributed by atoms with Crippen molar-refractivity contribution in [3.8, 4) is 11.3 Å². The van der Waals surface area contributed by atoms with Crippen molar-refractivity contribution in [1.82, 2.24) is 25.3 Å². The van der Waals surface area contributed by atoms with Crippen LogP contribution in [0, 0.1) is 0 Å². The molecule has 3 heterocycles. The van der Waals surface area contributed by atoms with Gasteiger partial charge in [0.15, 0.2) is 5.82 Å². The number of benzene rings is 1. The lowest BCUT2D eigenvalue weighted by Crippen LogP contribution is -2.61. The van der Waals surface area contributed by atoms with E-state index >= 15 is 0 Å². The first-order valence-electron chi connectivity index (χ1n) is 10.7. The standard InChI is InChI=1S/C22H28Cl2N6O/c1-15(2)30-6-5-25-20(14-30)22(31)29-9-7-28(8-10-29)21-4-3-19(26-27-21)16-11-17(23)13-18(24)12-16/h3-4,11-13,15,20,25H,5-10,14H2,1-2H3. The SMILES string of the molecule is CC(C)N1CCNC(C(=O)N2CCN(c3ccc(-c4cc(Cl)cc(Cl)c4)nn3)CC2)C1. The van der Waals surface area contributed by atoms with Gasteiger partial charge in [-0.1, -0.05) is 23.2 Å². The number of aromatic nitrogens is 2. The Morgan fingerprint density at radius 3 is 2.35 bits per heavy atom. The Kier molecular flexibility index (Phi) is 6.96. The Morgan fingerprint density at radius 1 is 1.03 bits per heavy atom. The zero-order valence-corrected chi connectivity index (χ0v) is 19.4. The van der Waals surface area contributed by atoms with Crippen molar-refractivity contribution in [2.24, 2.45) is 0 Å². The molecule has 1 unspecified atom stereocenters. The normalized spacial score (nSPS) is 20.4. The van der Waals surface area contributed by atoms with Gasteiger partial charge in [-0.15, -0.1) is 10.2 Å². The summed E-state index contributed by atoms with van der Waals surface area (Å²) in [5, 5.41) is 13.3. The van der Waals surface area contributed by atoms with Gasteiger partial charge in [0, 0.05) is 67.5 Å². The molecule has 0 aliphatic carbocycles. The predicted octanol–water partition coefficient (Wildman–Crippen LogP) is 2.78. The van der Waals surface area contributed by atoms with Crippen LogP contribution < -0.4 is 10.2 Å². The summed E-state index contributed by atoms with van der Waals surface area (Å²) < 4.78 is 0. The van der Waals surface area contributed by atoms with E-state index in [0.717, 1.165) is 49.8 Å². The van der Waals surface area contributed by atoms with Crippen LogP contribution in [0.1, 0.15) is 13.8 Å². The lowest BCUT2D eigenvalue weighted by atomic mass is 10.1. The molecular formula is C22H28Cl2N6O. The maximum absolute atomic E-state index is 13.0. The molecule has 0 saturated carbocycles. The third-order valence-electron chi connectivity index (χ3n) is 5.96. The van der Waals surface area contributed by atoms with Crippen LogP contribution in [-0.4, -0.2) is 83.8 Å². The Labute approximate surface area is 193 Å². The van der Waals surface area contributed by atoms with Crippen LogP contribution in [0.25, 0.3) is 11.3 Å². The molecule has 7 nitrogen and oxygen atoms in total. The molecule has 166 valence electrons. The van der Waals surface area contributed by atoms with Gasteiger partial charge in [-0.3, -0.25) is 9.69 Å². The summed E-state index contributed by atoms with van der Waals surface area (Å²) in [4.78, 5) is 19.5. The highest BCUT2D eigenvalue weighted by molar-refractivity contribution is 6.35. The molecular weight excluding hydrogens is 435 g/mol. The minimum absolute atomic E-state index is 0.119. The fourth-order valence-corrected chi connectivity index (χ4v) is 4.66. The molecule has 2 aliphatic rings. The Hall–Kier alpha value is -1.93. The average molecular weight is 463 g/mol. The van der Waals surface area contributed by atoms with E-state index in [1.54, 1.807) is 6.07 Å². The van der Waals surface area contributed by atoms with E-state index < -0.39 is 0 Å². The van der Waals surface area contributed by atoms with Crippen molar-refractivity contribution >= 4 is 34.9 Å². The zero-order chi connectivity index (χ0) is 22.0. The van der Waals surface area contributed by atoms with E-state index in [4.69, 9.17) is 23.2 Å². The van der Waals surface area contributed by atoms with Gasteiger partial charge in [0.2, 0.25) is 5.91 Å². The molecule has 0 radical (unpaired) electrons. The highest BCUT2D eigenvalue weighted by atomic mass is 35.5. The molecule has 0 bridgehead atoms. The van der Waals surface area contributed by atoms with E-state index in [1.807, 2.05) is 29.2 Å². The van der Waals surface area contributed by atoms with Crippen LogP contribution >= 0.6 is 23.2 Å². The van der Waals surface area contributed by atoms with Gasteiger partial charge >= 0.3 is 0 Å². The number of anilines is 1. The molecule has 2 fully saturated rings. The Morgan fingerprint density at radius 2 is 1.74 bits per heavy atom. The molecule has 0 spiro atoms. The molecule has 1 N–H and O–H groups in total. The maximum atomic E-state index is 13.0. The van der Waals surface area contributed by atoms with Crippen LogP contribution in [0.3, 0.4) is 0 Å². The van der Waals surface area contributed by atoms with Gasteiger partial charge in [0.25, 0.3) is 0 Å². The van der Waals surface area contributed by atoms with Gasteiger partial charge in [0.1, 0.15) is 0 Å². The molecule has 2 aromatic rings. The number of amides is 1. The number of rotatable bonds is 4. The van der Waals surface area contributed by atoms with E-state index in [2.05, 4.69) is 39.2 Å². The average Bonchev–Trinajstić information content (AvgIpc) is 2.78. The van der Waals surface area contributed by atoms with Crippen LogP contribution in [0.5, 0.6) is 0 Å². The third kappa shape index (κ3) is 5.29. The summed E-state index contributed by atoms with van der Waals surface area (Å²) in [7, 11) is 0. The van der Waals surface area contributed by atoms with Crippen molar-refractivity contribution in [3.63, 3.8) is 0 Å². The predicted molar refractivity (Wildman–Crippen MR) is 125 cm³/mol. The smallest absolute Gasteiger partial charge is 0.241 e. The molecule has 1 aromatic carbocycles. The summed E-state index contributed by atoms with van der Waals surface area (Å²) in [6.07, 6.45) is 0. The molecule has 4 rings (SSSR count). The van der Waals surface area contributed by atoms with Crippen molar-refractivity contribution in [1.29, 1.82) is 0 Å². The quantitative estimate of drug-likeness (QED) is 0.753. The Balaban J connectivity index is 1.35. The fraction of sp³-hybridized carbons (Fsp3) is 0.500. The number of carbonyl (C=O) groups excluding carboxylic acids is 1. The maximum Gasteiger partial charge on any atom is 0.241 e. The number of nitrogens with one attached hydrogen (secondary N) is 1. The first kappa shape index (κ1) is 22.3. The number of hydrogen-bond donors (Lipinski definition) is 1. The number of carbonyl (C=O) groups is 1. The molecule has 9 heteroatoms. The number of piperazine rings is 2. The van der Waals surface area contributed by atoms with Crippen LogP contribution in [0.4, 0.5) is 5.82 Å². The van der Waals surface area contributed by atoms with Crippen LogP contribution in [0.15, 0.2) is 30.3 Å². The number of nitrogens with zero attached hydrogens (tertiary/aromatic N) is 5. The van der Waals surface area contributed by atoms with Gasteiger partial charge in [-0.05, 0) is 44.2 Å². The van der Waals surface area contributed by atoms with Crippen molar-refractivity contribution in [3.05, 3.63) is 40.4 Å². The highest BCUT2D eigenvalue weighted by Gasteiger charge is 2.31. The minimum atomic E-state index is -0.119. The lowest BCUT2D eigenvalue weighted by Gasteiger charge is -2.40. The van der Waals surface area contributed by atoms with E-state index in [-0.39, 0.29) is 11.9 Å². The molecule has 2 saturated heterocycles. The topological polar surface area (TPSA) is 64.6 Å². The Bertz CT molecular complexity index is 894. The molecule has 1 aromatic heterocycles. The van der Waals surface area contributed by atoms with Crippen molar-refractivity contribution in [2.75, 3.05) is 50.7 Å². The van der Waals surface area contributed by atoms with E-state index in [1.165, 1.54) is 0 Å². The van der Waals surface area contributed by atoms with Gasteiger partial charge in [0.05, 0.1) is 11.7 Å². The monoisotopic (exact) mass is 462 g/mol. The van der Waals surface area contributed by atoms with E-state index in [0.29, 0.717) is 29.2 Å². The minimum Gasteiger partial charge on any atom is -0.352 e. The van der Waals surface area contributed by atoms with Crippen LogP contribution in [-0.2, 0) is 4.79 Å². The van der Waals surface area contributed by atoms with E-state index in [9.17, 15) is 4.79 Å². The molecule has 31 heavy (non-hydrogen) atoms. The molecule has 2 aliphatic heterocycles. The highest BCUT2D eigenvalue weighted by Crippen LogP contribution is 2.26. The second-order valence-corrected chi connectivity index (χ2v) is 9.22. The first-order chi connectivity index (χ1) is 14.9. The molecule has 1 amide bonds. The fourth-order valence-electron chi connectivity index (χ4n) is 4.13. The lowest BCUT2D eigenvalue weighted by molar-refractivity contribution is -0.135. The molecule has 1 atom stereocenters. The number of hydrogen-bond acceptors (Lipinski definition) is 6. The summed E-state index contributed by atoms with van der Waals surface area (Å²) >= 11 is 12.2. The number of halogens is 2. The third-order valence-corrected chi connectivity index (χ3v) is 6.40. The summed E-state index contributed by atoms with van der Waals surface area (Å²) in [6, 6.07) is 9.55. The zero-order valence-electron chi connectivity index (χ0n) is 17.9. The van der Waals surface area contributed by atoms with Gasteiger partial charge in [-0.2, -0.15) is 0 Å².